The van der Waals surface area contributed by atoms with Gasteiger partial charge in [-0.25, -0.2) is 10.2 Å². The first kappa shape index (κ1) is 27.8. The second-order valence-electron chi connectivity index (χ2n) is 9.27. The van der Waals surface area contributed by atoms with Gasteiger partial charge in [-0.1, -0.05) is 53.6 Å². The van der Waals surface area contributed by atoms with Gasteiger partial charge in [0, 0.05) is 32.5 Å². The number of amides is 2. The number of hydrogen-bond donors (Lipinski definition) is 2. The number of nitrogens with zero attached hydrogens (tertiary/aromatic N) is 1. The molecule has 0 saturated heterocycles. The van der Waals surface area contributed by atoms with Gasteiger partial charge >= 0.3 is 5.97 Å². The number of rotatable bonds is 7. The van der Waals surface area contributed by atoms with E-state index >= 15 is 0 Å². The molecular formula is C32H24ClN3O4S. The highest BCUT2D eigenvalue weighted by atomic mass is 35.5. The summed E-state index contributed by atoms with van der Waals surface area (Å²) < 4.78 is 6.55. The van der Waals surface area contributed by atoms with Crippen molar-refractivity contribution in [2.24, 2.45) is 5.10 Å². The van der Waals surface area contributed by atoms with Gasteiger partial charge in [-0.2, -0.15) is 5.10 Å². The summed E-state index contributed by atoms with van der Waals surface area (Å²) in [5.41, 5.74) is 6.54. The number of hydrogen-bond acceptors (Lipinski definition) is 6. The zero-order valence-corrected chi connectivity index (χ0v) is 23.7. The summed E-state index contributed by atoms with van der Waals surface area (Å²) in [5.74, 6) is -0.988. The number of benzene rings is 4. The van der Waals surface area contributed by atoms with E-state index in [2.05, 4.69) is 15.8 Å². The lowest BCUT2D eigenvalue weighted by Crippen LogP contribution is -2.18. The van der Waals surface area contributed by atoms with Crippen LogP contribution in [0.2, 0.25) is 5.02 Å². The summed E-state index contributed by atoms with van der Waals surface area (Å²) in [5, 5.41) is 7.99. The van der Waals surface area contributed by atoms with Crippen LogP contribution in [0, 0.1) is 13.8 Å². The van der Waals surface area contributed by atoms with Gasteiger partial charge < -0.3 is 10.1 Å². The number of carbonyl (C=O) groups is 3. The smallest absolute Gasteiger partial charge is 0.355 e. The SMILES string of the molecule is Cc1ccc(C(=O)Nc2ccc(C(=O)N/N=C\c3ccccc3OC(=O)c3sc4cc(C)ccc4c3Cl)cc2)cc1. The van der Waals surface area contributed by atoms with Crippen molar-refractivity contribution >= 4 is 62.7 Å². The molecule has 9 heteroatoms. The number of thiophene rings is 1. The summed E-state index contributed by atoms with van der Waals surface area (Å²) in [7, 11) is 0. The van der Waals surface area contributed by atoms with Crippen LogP contribution < -0.4 is 15.5 Å². The van der Waals surface area contributed by atoms with E-state index in [1.807, 2.05) is 44.2 Å². The van der Waals surface area contributed by atoms with E-state index in [1.165, 1.54) is 17.6 Å². The van der Waals surface area contributed by atoms with E-state index in [4.69, 9.17) is 16.3 Å². The number of carbonyl (C=O) groups excluding carboxylic acids is 3. The van der Waals surface area contributed by atoms with Crippen molar-refractivity contribution in [2.75, 3.05) is 5.32 Å². The molecule has 0 radical (unpaired) electrons. The van der Waals surface area contributed by atoms with Gasteiger partial charge in [-0.15, -0.1) is 11.3 Å². The van der Waals surface area contributed by atoms with E-state index in [9.17, 15) is 14.4 Å². The molecule has 1 heterocycles. The second-order valence-corrected chi connectivity index (χ2v) is 10.7. The first-order chi connectivity index (χ1) is 19.8. The molecular weight excluding hydrogens is 558 g/mol. The van der Waals surface area contributed by atoms with Crippen molar-refractivity contribution in [1.82, 2.24) is 5.43 Å². The minimum atomic E-state index is -0.576. The molecule has 0 unspecified atom stereocenters. The molecule has 4 aromatic carbocycles. The topological polar surface area (TPSA) is 96.9 Å². The summed E-state index contributed by atoms with van der Waals surface area (Å²) >= 11 is 7.74. The molecule has 5 aromatic rings. The Morgan fingerprint density at radius 2 is 1.49 bits per heavy atom. The second kappa shape index (κ2) is 12.2. The van der Waals surface area contributed by atoms with Crippen LogP contribution in [0.25, 0.3) is 10.1 Å². The van der Waals surface area contributed by atoms with Gasteiger partial charge in [0.2, 0.25) is 0 Å². The lowest BCUT2D eigenvalue weighted by Gasteiger charge is -2.07. The summed E-state index contributed by atoms with van der Waals surface area (Å²) in [6, 6.07) is 26.3. The first-order valence-corrected chi connectivity index (χ1v) is 13.8. The van der Waals surface area contributed by atoms with Crippen LogP contribution in [0.15, 0.2) is 96.1 Å². The van der Waals surface area contributed by atoms with E-state index in [1.54, 1.807) is 60.7 Å². The van der Waals surface area contributed by atoms with Gasteiger partial charge in [0.25, 0.3) is 11.8 Å². The maximum atomic E-state index is 13.0. The number of fused-ring (bicyclic) bond motifs is 1. The summed E-state index contributed by atoms with van der Waals surface area (Å²) in [6.45, 7) is 3.93. The Labute approximate surface area is 245 Å². The third-order valence-corrected chi connectivity index (χ3v) is 7.82. The number of aryl methyl sites for hydroxylation is 2. The Bertz CT molecular complexity index is 1790. The van der Waals surface area contributed by atoms with Crippen molar-refractivity contribution in [3.8, 4) is 5.75 Å². The minimum Gasteiger partial charge on any atom is -0.422 e. The van der Waals surface area contributed by atoms with Crippen LogP contribution in [0.4, 0.5) is 5.69 Å². The number of nitrogens with one attached hydrogen (secondary N) is 2. The van der Waals surface area contributed by atoms with Crippen LogP contribution in [0.1, 0.15) is 47.1 Å². The van der Waals surface area contributed by atoms with Crippen molar-refractivity contribution in [1.29, 1.82) is 0 Å². The van der Waals surface area contributed by atoms with E-state index in [0.717, 1.165) is 21.2 Å². The maximum Gasteiger partial charge on any atom is 0.355 e. The molecule has 0 spiro atoms. The van der Waals surface area contributed by atoms with Crippen molar-refractivity contribution in [3.05, 3.63) is 129 Å². The molecule has 0 aliphatic rings. The summed E-state index contributed by atoms with van der Waals surface area (Å²) in [6.07, 6.45) is 1.40. The molecule has 0 aliphatic heterocycles. The Morgan fingerprint density at radius 1 is 0.829 bits per heavy atom. The van der Waals surface area contributed by atoms with Crippen molar-refractivity contribution in [2.45, 2.75) is 13.8 Å². The number of halogens is 1. The van der Waals surface area contributed by atoms with Gasteiger partial charge in [-0.05, 0) is 74.0 Å². The van der Waals surface area contributed by atoms with Crippen LogP contribution in [-0.2, 0) is 0 Å². The standard InChI is InChI=1S/C32H24ClN3O4S/c1-19-7-10-21(11-8-19)30(37)35-24-14-12-22(13-15-24)31(38)36-34-18-23-5-3-4-6-26(23)40-32(39)29-28(33)25-16-9-20(2)17-27(25)41-29/h3-18H,1-2H3,(H,35,37)(H,36,38)/b34-18-. The lowest BCUT2D eigenvalue weighted by molar-refractivity contribution is 0.0739. The van der Waals surface area contributed by atoms with Gasteiger partial charge in [0.15, 0.2) is 0 Å². The Morgan fingerprint density at radius 3 is 2.24 bits per heavy atom. The molecule has 2 amide bonds. The fourth-order valence-electron chi connectivity index (χ4n) is 3.97. The molecule has 0 atom stereocenters. The van der Waals surface area contributed by atoms with Gasteiger partial charge in [0.1, 0.15) is 10.6 Å². The van der Waals surface area contributed by atoms with Crippen LogP contribution in [-0.4, -0.2) is 24.0 Å². The van der Waals surface area contributed by atoms with Crippen molar-refractivity contribution < 1.29 is 19.1 Å². The van der Waals surface area contributed by atoms with Crippen LogP contribution in [0.5, 0.6) is 5.75 Å². The van der Waals surface area contributed by atoms with Crippen LogP contribution >= 0.6 is 22.9 Å². The molecule has 41 heavy (non-hydrogen) atoms. The maximum absolute atomic E-state index is 13.0. The average molecular weight is 582 g/mol. The third-order valence-electron chi connectivity index (χ3n) is 6.18. The molecule has 1 aromatic heterocycles. The Kier molecular flexibility index (Phi) is 8.24. The van der Waals surface area contributed by atoms with Crippen molar-refractivity contribution in [3.63, 3.8) is 0 Å². The number of hydrazone groups is 1. The first-order valence-electron chi connectivity index (χ1n) is 12.6. The molecule has 204 valence electrons. The summed E-state index contributed by atoms with van der Waals surface area (Å²) in [4.78, 5) is 38.3. The zero-order valence-electron chi connectivity index (χ0n) is 22.1. The molecule has 7 nitrogen and oxygen atoms in total. The molecule has 0 saturated carbocycles. The molecule has 5 rings (SSSR count). The lowest BCUT2D eigenvalue weighted by atomic mass is 10.1. The van der Waals surface area contributed by atoms with Gasteiger partial charge in [0.05, 0.1) is 11.2 Å². The molecule has 2 N–H and O–H groups in total. The number of anilines is 1. The van der Waals surface area contributed by atoms with Crippen LogP contribution in [0.3, 0.4) is 0 Å². The predicted molar refractivity (Wildman–Crippen MR) is 164 cm³/mol. The quantitative estimate of drug-likeness (QED) is 0.0905. The minimum absolute atomic E-state index is 0.240. The number of para-hydroxylation sites is 1. The monoisotopic (exact) mass is 581 g/mol. The normalized spacial score (nSPS) is 11.0. The highest BCUT2D eigenvalue weighted by Gasteiger charge is 2.20. The highest BCUT2D eigenvalue weighted by Crippen LogP contribution is 2.36. The van der Waals surface area contributed by atoms with Gasteiger partial charge in [-0.3, -0.25) is 9.59 Å². The fraction of sp³-hybridized carbons (Fsp3) is 0.0625. The molecule has 0 bridgehead atoms. The Balaban J connectivity index is 1.21. The third kappa shape index (κ3) is 6.51. The largest absolute Gasteiger partial charge is 0.422 e. The van der Waals surface area contributed by atoms with E-state index in [-0.39, 0.29) is 11.7 Å². The average Bonchev–Trinajstić information content (AvgIpc) is 3.29. The fourth-order valence-corrected chi connectivity index (χ4v) is 5.45. The Hall–Kier alpha value is -4.79. The molecule has 0 fully saturated rings. The molecule has 0 aliphatic carbocycles. The number of esters is 1. The number of ether oxygens (including phenoxy) is 1. The predicted octanol–water partition coefficient (Wildman–Crippen LogP) is 7.41. The van der Waals surface area contributed by atoms with E-state index in [0.29, 0.717) is 32.3 Å². The zero-order chi connectivity index (χ0) is 28.9. The van der Waals surface area contributed by atoms with E-state index < -0.39 is 11.9 Å². The highest BCUT2D eigenvalue weighted by molar-refractivity contribution is 7.21.